The van der Waals surface area contributed by atoms with Crippen molar-refractivity contribution < 1.29 is 14.3 Å². The molecular formula is C31H34N6O4. The Morgan fingerprint density at radius 2 is 1.95 bits per heavy atom. The van der Waals surface area contributed by atoms with E-state index < -0.39 is 5.97 Å². The molecule has 41 heavy (non-hydrogen) atoms. The summed E-state index contributed by atoms with van der Waals surface area (Å²) in [6.07, 6.45) is 6.87. The highest BCUT2D eigenvalue weighted by Crippen LogP contribution is 2.36. The molecule has 6 rings (SSSR count). The van der Waals surface area contributed by atoms with Gasteiger partial charge >= 0.3 is 5.97 Å². The van der Waals surface area contributed by atoms with Crippen molar-refractivity contribution >= 4 is 29.1 Å². The number of nitrogens with one attached hydrogen (secondary N) is 2. The zero-order valence-corrected chi connectivity index (χ0v) is 23.6. The third-order valence-electron chi connectivity index (χ3n) is 8.05. The molecule has 10 nitrogen and oxygen atoms in total. The van der Waals surface area contributed by atoms with Crippen molar-refractivity contribution in [3.8, 4) is 11.1 Å². The Hall–Kier alpha value is -4.60. The van der Waals surface area contributed by atoms with Crippen LogP contribution in [0.4, 0.5) is 17.2 Å². The predicted molar refractivity (Wildman–Crippen MR) is 157 cm³/mol. The SMILES string of the molecule is CCc1cc(Nc2cc(-c3cccc(N4CCn5c(cc6c5CCCC6)C4=O)c3COC(C)=O)cn(C)c2=O)n[nH]1. The molecule has 212 valence electrons. The second-order valence-corrected chi connectivity index (χ2v) is 10.7. The second-order valence-electron chi connectivity index (χ2n) is 10.7. The molecule has 0 radical (unpaired) electrons. The number of carbonyl (C=O) groups excluding carboxylic acids is 2. The number of pyridine rings is 1. The zero-order chi connectivity index (χ0) is 28.7. The van der Waals surface area contributed by atoms with Crippen LogP contribution in [0.25, 0.3) is 11.1 Å². The first-order valence-corrected chi connectivity index (χ1v) is 14.1. The van der Waals surface area contributed by atoms with Gasteiger partial charge in [0.25, 0.3) is 11.5 Å². The van der Waals surface area contributed by atoms with Gasteiger partial charge in [-0.05, 0) is 61.4 Å². The number of rotatable bonds is 7. The lowest BCUT2D eigenvalue weighted by Crippen LogP contribution is -2.41. The number of carbonyl (C=O) groups is 2. The molecule has 2 N–H and O–H groups in total. The maximum absolute atomic E-state index is 13.9. The molecule has 0 saturated heterocycles. The fourth-order valence-corrected chi connectivity index (χ4v) is 5.98. The number of hydrogen-bond donors (Lipinski definition) is 2. The Morgan fingerprint density at radius 1 is 1.12 bits per heavy atom. The third kappa shape index (κ3) is 4.94. The molecule has 0 atom stereocenters. The van der Waals surface area contributed by atoms with E-state index in [1.54, 1.807) is 24.2 Å². The molecule has 1 aliphatic carbocycles. The fraction of sp³-hybridized carbons (Fsp3) is 0.355. The zero-order valence-electron chi connectivity index (χ0n) is 23.6. The number of nitrogens with zero attached hydrogens (tertiary/aromatic N) is 4. The standard InChI is InChI=1S/C31H34N6O4/c1-4-22-16-29(34-33-22)32-25-14-21(17-35(3)30(25)39)23-9-7-11-27(24(23)18-41-19(2)38)37-13-12-36-26-10-6-5-8-20(26)15-28(36)31(37)40/h7,9,11,14-17H,4-6,8,10,12-13,18H2,1-3H3,(H2,32,33,34). The molecule has 3 aromatic heterocycles. The van der Waals surface area contributed by atoms with E-state index in [2.05, 4.69) is 26.1 Å². The highest BCUT2D eigenvalue weighted by molar-refractivity contribution is 6.07. The number of benzene rings is 1. The summed E-state index contributed by atoms with van der Waals surface area (Å²) in [5.74, 6) is 0.0832. The van der Waals surface area contributed by atoms with Gasteiger partial charge in [0.05, 0.1) is 5.69 Å². The summed E-state index contributed by atoms with van der Waals surface area (Å²) < 4.78 is 9.21. The van der Waals surface area contributed by atoms with Crippen molar-refractivity contribution in [1.29, 1.82) is 0 Å². The second kappa shape index (κ2) is 10.8. The largest absolute Gasteiger partial charge is 0.461 e. The summed E-state index contributed by atoms with van der Waals surface area (Å²) in [5.41, 5.74) is 7.32. The van der Waals surface area contributed by atoms with E-state index in [1.807, 2.05) is 31.2 Å². The molecule has 2 aliphatic rings. The molecule has 0 spiro atoms. The Bertz CT molecular complexity index is 1710. The van der Waals surface area contributed by atoms with E-state index in [0.717, 1.165) is 48.9 Å². The maximum Gasteiger partial charge on any atom is 0.302 e. The molecule has 4 heterocycles. The summed E-state index contributed by atoms with van der Waals surface area (Å²) in [6, 6.07) is 11.4. The quantitative estimate of drug-likeness (QED) is 0.326. The third-order valence-corrected chi connectivity index (χ3v) is 8.05. The summed E-state index contributed by atoms with van der Waals surface area (Å²) in [4.78, 5) is 40.6. The lowest BCUT2D eigenvalue weighted by molar-refractivity contribution is -0.142. The lowest BCUT2D eigenvalue weighted by atomic mass is 9.98. The van der Waals surface area contributed by atoms with Gasteiger partial charge in [-0.2, -0.15) is 5.10 Å². The Morgan fingerprint density at radius 3 is 2.73 bits per heavy atom. The number of hydrogen-bond acceptors (Lipinski definition) is 6. The van der Waals surface area contributed by atoms with E-state index in [0.29, 0.717) is 41.5 Å². The average molecular weight is 555 g/mol. The van der Waals surface area contributed by atoms with Gasteiger partial charge in [-0.15, -0.1) is 0 Å². The van der Waals surface area contributed by atoms with Gasteiger partial charge in [0.2, 0.25) is 0 Å². The van der Waals surface area contributed by atoms with Gasteiger partial charge in [0.1, 0.15) is 18.0 Å². The van der Waals surface area contributed by atoms with Crippen molar-refractivity contribution in [2.24, 2.45) is 7.05 Å². The van der Waals surface area contributed by atoms with Gasteiger partial charge in [-0.3, -0.25) is 19.5 Å². The van der Waals surface area contributed by atoms with Crippen molar-refractivity contribution in [2.45, 2.75) is 59.1 Å². The first kappa shape index (κ1) is 26.6. The van der Waals surface area contributed by atoms with Gasteiger partial charge in [0, 0.05) is 61.8 Å². The van der Waals surface area contributed by atoms with E-state index in [-0.39, 0.29) is 18.1 Å². The van der Waals surface area contributed by atoms with Gasteiger partial charge in [-0.1, -0.05) is 19.1 Å². The van der Waals surface area contributed by atoms with Crippen molar-refractivity contribution in [1.82, 2.24) is 19.3 Å². The number of aromatic amines is 1. The Labute approximate surface area is 237 Å². The van der Waals surface area contributed by atoms with Crippen LogP contribution in [0, 0.1) is 0 Å². The number of amides is 1. The van der Waals surface area contributed by atoms with Crippen LogP contribution in [0.15, 0.2) is 47.4 Å². The van der Waals surface area contributed by atoms with E-state index in [1.165, 1.54) is 22.7 Å². The minimum absolute atomic E-state index is 0.00698. The summed E-state index contributed by atoms with van der Waals surface area (Å²) in [5, 5.41) is 10.4. The molecule has 4 aromatic rings. The van der Waals surface area contributed by atoms with Crippen LogP contribution in [0.3, 0.4) is 0 Å². The first-order valence-electron chi connectivity index (χ1n) is 14.1. The van der Waals surface area contributed by atoms with Crippen LogP contribution >= 0.6 is 0 Å². The van der Waals surface area contributed by atoms with Crippen LogP contribution in [-0.4, -0.2) is 37.8 Å². The minimum atomic E-state index is -0.412. The number of anilines is 3. The normalized spacial score (nSPS) is 14.5. The van der Waals surface area contributed by atoms with Crippen molar-refractivity contribution in [3.63, 3.8) is 0 Å². The van der Waals surface area contributed by atoms with Gasteiger partial charge in [-0.25, -0.2) is 0 Å². The number of esters is 1. The molecular weight excluding hydrogens is 520 g/mol. The maximum atomic E-state index is 13.9. The Balaban J connectivity index is 1.42. The van der Waals surface area contributed by atoms with Gasteiger partial charge in [0.15, 0.2) is 5.82 Å². The fourth-order valence-electron chi connectivity index (χ4n) is 5.98. The van der Waals surface area contributed by atoms with Gasteiger partial charge < -0.3 is 24.1 Å². The minimum Gasteiger partial charge on any atom is -0.461 e. The number of aromatic nitrogens is 4. The van der Waals surface area contributed by atoms with Crippen molar-refractivity contribution in [3.05, 3.63) is 81.2 Å². The summed E-state index contributed by atoms with van der Waals surface area (Å²) >= 11 is 0. The van der Waals surface area contributed by atoms with Crippen LogP contribution in [0.1, 0.15) is 59.7 Å². The van der Waals surface area contributed by atoms with E-state index in [4.69, 9.17) is 4.74 Å². The van der Waals surface area contributed by atoms with Crippen LogP contribution < -0.4 is 15.8 Å². The molecule has 10 heteroatoms. The number of aryl methyl sites for hydroxylation is 3. The molecule has 0 saturated carbocycles. The summed E-state index contributed by atoms with van der Waals surface area (Å²) in [6.45, 7) is 4.61. The molecule has 0 bridgehead atoms. The van der Waals surface area contributed by atoms with Crippen molar-refractivity contribution in [2.75, 3.05) is 16.8 Å². The number of H-pyrrole nitrogens is 1. The highest BCUT2D eigenvalue weighted by atomic mass is 16.5. The monoisotopic (exact) mass is 554 g/mol. The number of ether oxygens (including phenoxy) is 1. The predicted octanol–water partition coefficient (Wildman–Crippen LogP) is 4.49. The van der Waals surface area contributed by atoms with E-state index in [9.17, 15) is 14.4 Å². The summed E-state index contributed by atoms with van der Waals surface area (Å²) in [7, 11) is 1.69. The first-order chi connectivity index (χ1) is 19.8. The van der Waals surface area contributed by atoms with Crippen LogP contribution in [-0.2, 0) is 49.0 Å². The number of fused-ring (bicyclic) bond motifs is 3. The van der Waals surface area contributed by atoms with E-state index >= 15 is 0 Å². The topological polar surface area (TPSA) is 114 Å². The molecule has 0 unspecified atom stereocenters. The molecule has 1 aromatic carbocycles. The molecule has 1 amide bonds. The molecule has 0 fully saturated rings. The lowest BCUT2D eigenvalue weighted by Gasteiger charge is -2.32. The smallest absolute Gasteiger partial charge is 0.302 e. The Kier molecular flexibility index (Phi) is 6.98. The highest BCUT2D eigenvalue weighted by Gasteiger charge is 2.32. The average Bonchev–Trinajstić information content (AvgIpc) is 3.59. The molecule has 1 aliphatic heterocycles. The van der Waals surface area contributed by atoms with Crippen LogP contribution in [0.2, 0.25) is 0 Å². The van der Waals surface area contributed by atoms with Crippen LogP contribution in [0.5, 0.6) is 0 Å².